The Bertz CT molecular complexity index is 1250. The standard InChI is InChI=1S/C20H14N4O10/c25-15-3-1-9(5-17(15)27)21-19(29)11-7-14(24(33)34)12(8-13(11)23(31)32)20(30)22-10-2-4-16(26)18(28)6-10/h1-8,25-28H,(H,21,29)(H,22,30). The highest BCUT2D eigenvalue weighted by Crippen LogP contribution is 2.33. The number of benzene rings is 3. The van der Waals surface area contributed by atoms with Crippen molar-refractivity contribution >= 4 is 34.6 Å². The van der Waals surface area contributed by atoms with Gasteiger partial charge in [0.15, 0.2) is 23.0 Å². The quantitative estimate of drug-likeness (QED) is 0.134. The summed E-state index contributed by atoms with van der Waals surface area (Å²) in [6.07, 6.45) is 0. The van der Waals surface area contributed by atoms with Crippen LogP contribution in [0.15, 0.2) is 48.5 Å². The van der Waals surface area contributed by atoms with Crippen molar-refractivity contribution in [3.8, 4) is 23.0 Å². The van der Waals surface area contributed by atoms with Crippen LogP contribution in [0.2, 0.25) is 0 Å². The van der Waals surface area contributed by atoms with Crippen molar-refractivity contribution in [3.63, 3.8) is 0 Å². The largest absolute Gasteiger partial charge is 0.504 e. The van der Waals surface area contributed by atoms with E-state index in [-0.39, 0.29) is 11.4 Å². The smallest absolute Gasteiger partial charge is 0.283 e. The van der Waals surface area contributed by atoms with Crippen LogP contribution < -0.4 is 10.6 Å². The van der Waals surface area contributed by atoms with E-state index in [0.717, 1.165) is 24.3 Å². The van der Waals surface area contributed by atoms with Gasteiger partial charge in [0.25, 0.3) is 23.2 Å². The van der Waals surface area contributed by atoms with Crippen molar-refractivity contribution in [1.82, 2.24) is 0 Å². The van der Waals surface area contributed by atoms with Gasteiger partial charge in [-0.15, -0.1) is 0 Å². The predicted octanol–water partition coefficient (Wildman–Crippen LogP) is 2.83. The monoisotopic (exact) mass is 470 g/mol. The maximum Gasteiger partial charge on any atom is 0.283 e. The predicted molar refractivity (Wildman–Crippen MR) is 115 cm³/mol. The van der Waals surface area contributed by atoms with Gasteiger partial charge < -0.3 is 31.1 Å². The second-order valence-corrected chi connectivity index (χ2v) is 6.72. The number of nitrogens with zero attached hydrogens (tertiary/aromatic N) is 2. The van der Waals surface area contributed by atoms with Gasteiger partial charge in [0.2, 0.25) is 0 Å². The molecule has 0 aliphatic rings. The molecule has 0 unspecified atom stereocenters. The SMILES string of the molecule is O=C(Nc1ccc(O)c(O)c1)c1cc([N+](=O)[O-])c(C(=O)Nc2ccc(O)c(O)c2)cc1[N+](=O)[O-]. The van der Waals surface area contributed by atoms with Crippen molar-refractivity contribution in [2.75, 3.05) is 10.6 Å². The molecule has 0 heterocycles. The molecule has 0 aliphatic carbocycles. The van der Waals surface area contributed by atoms with Crippen LogP contribution in [0, 0.1) is 20.2 Å². The van der Waals surface area contributed by atoms with Gasteiger partial charge in [0.05, 0.1) is 9.85 Å². The molecule has 3 aromatic rings. The summed E-state index contributed by atoms with van der Waals surface area (Å²) in [6.45, 7) is 0. The number of aromatic hydroxyl groups is 4. The van der Waals surface area contributed by atoms with E-state index in [1.807, 2.05) is 0 Å². The van der Waals surface area contributed by atoms with Crippen molar-refractivity contribution < 1.29 is 39.9 Å². The molecule has 6 N–H and O–H groups in total. The molecular formula is C20H14N4O10. The van der Waals surface area contributed by atoms with Crippen molar-refractivity contribution in [1.29, 1.82) is 0 Å². The number of amides is 2. The number of anilines is 2. The minimum absolute atomic E-state index is 0.0776. The third-order valence-electron chi connectivity index (χ3n) is 4.46. The molecule has 3 aromatic carbocycles. The third-order valence-corrected chi connectivity index (χ3v) is 4.46. The zero-order valence-electron chi connectivity index (χ0n) is 16.8. The van der Waals surface area contributed by atoms with Gasteiger partial charge in [-0.2, -0.15) is 0 Å². The number of hydrogen-bond acceptors (Lipinski definition) is 10. The molecule has 0 bridgehead atoms. The highest BCUT2D eigenvalue weighted by Gasteiger charge is 2.31. The fraction of sp³-hybridized carbons (Fsp3) is 0. The maximum atomic E-state index is 12.6. The van der Waals surface area contributed by atoms with E-state index in [4.69, 9.17) is 0 Å². The lowest BCUT2D eigenvalue weighted by molar-refractivity contribution is -0.389. The first kappa shape index (κ1) is 23.3. The van der Waals surface area contributed by atoms with Gasteiger partial charge in [-0.05, 0) is 24.3 Å². The average Bonchev–Trinajstić information content (AvgIpc) is 2.77. The molecule has 0 saturated carbocycles. The van der Waals surface area contributed by atoms with E-state index in [9.17, 15) is 50.2 Å². The summed E-state index contributed by atoms with van der Waals surface area (Å²) >= 11 is 0. The lowest BCUT2D eigenvalue weighted by Crippen LogP contribution is -2.18. The van der Waals surface area contributed by atoms with Crippen LogP contribution in [0.3, 0.4) is 0 Å². The Morgan fingerprint density at radius 3 is 1.26 bits per heavy atom. The molecule has 0 radical (unpaired) electrons. The second kappa shape index (κ2) is 8.99. The number of carbonyl (C=O) groups is 2. The van der Waals surface area contributed by atoms with Gasteiger partial charge in [0, 0.05) is 35.6 Å². The summed E-state index contributed by atoms with van der Waals surface area (Å²) in [5, 5.41) is 65.2. The molecule has 14 heteroatoms. The Morgan fingerprint density at radius 2 is 0.971 bits per heavy atom. The van der Waals surface area contributed by atoms with Crippen LogP contribution in [0.25, 0.3) is 0 Å². The highest BCUT2D eigenvalue weighted by molar-refractivity contribution is 6.12. The number of carbonyl (C=O) groups excluding carboxylic acids is 2. The molecule has 0 fully saturated rings. The number of nitro groups is 2. The van der Waals surface area contributed by atoms with E-state index < -0.39 is 67.2 Å². The zero-order valence-corrected chi connectivity index (χ0v) is 16.8. The average molecular weight is 470 g/mol. The maximum absolute atomic E-state index is 12.6. The Balaban J connectivity index is 2.02. The summed E-state index contributed by atoms with van der Waals surface area (Å²) in [5.74, 6) is -4.48. The number of hydrogen-bond donors (Lipinski definition) is 6. The molecule has 0 saturated heterocycles. The first-order chi connectivity index (χ1) is 16.0. The zero-order chi connectivity index (χ0) is 25.2. The fourth-order valence-electron chi connectivity index (χ4n) is 2.84. The number of nitrogens with one attached hydrogen (secondary N) is 2. The molecule has 2 amide bonds. The van der Waals surface area contributed by atoms with Gasteiger partial charge >= 0.3 is 0 Å². The minimum Gasteiger partial charge on any atom is -0.504 e. The first-order valence-electron chi connectivity index (χ1n) is 9.11. The van der Waals surface area contributed by atoms with Crippen LogP contribution in [0.5, 0.6) is 23.0 Å². The Morgan fingerprint density at radius 1 is 0.618 bits per heavy atom. The minimum atomic E-state index is -1.16. The van der Waals surface area contributed by atoms with Crippen LogP contribution in [0.4, 0.5) is 22.7 Å². The van der Waals surface area contributed by atoms with Gasteiger partial charge in [-0.25, -0.2) is 0 Å². The van der Waals surface area contributed by atoms with Crippen molar-refractivity contribution in [2.45, 2.75) is 0 Å². The summed E-state index contributed by atoms with van der Waals surface area (Å²) < 4.78 is 0. The molecule has 34 heavy (non-hydrogen) atoms. The molecule has 3 rings (SSSR count). The van der Waals surface area contributed by atoms with Crippen LogP contribution in [-0.4, -0.2) is 42.1 Å². The molecule has 0 aromatic heterocycles. The summed E-state index contributed by atoms with van der Waals surface area (Å²) in [6, 6.07) is 7.41. The Labute approximate surface area is 188 Å². The van der Waals surface area contributed by atoms with E-state index in [2.05, 4.69) is 10.6 Å². The number of phenolic OH excluding ortho intramolecular Hbond substituents is 4. The van der Waals surface area contributed by atoms with E-state index in [1.54, 1.807) is 0 Å². The van der Waals surface area contributed by atoms with E-state index >= 15 is 0 Å². The van der Waals surface area contributed by atoms with Crippen LogP contribution in [-0.2, 0) is 0 Å². The molecule has 14 nitrogen and oxygen atoms in total. The van der Waals surface area contributed by atoms with Crippen molar-refractivity contribution in [2.24, 2.45) is 0 Å². The van der Waals surface area contributed by atoms with E-state index in [0.29, 0.717) is 12.1 Å². The van der Waals surface area contributed by atoms with Gasteiger partial charge in [-0.3, -0.25) is 29.8 Å². The number of rotatable bonds is 6. The van der Waals surface area contributed by atoms with Gasteiger partial charge in [-0.1, -0.05) is 0 Å². The van der Waals surface area contributed by atoms with Gasteiger partial charge in [0.1, 0.15) is 11.1 Å². The third kappa shape index (κ3) is 4.75. The molecule has 0 spiro atoms. The summed E-state index contributed by atoms with van der Waals surface area (Å²) in [5.41, 5.74) is -3.50. The molecular weight excluding hydrogens is 456 g/mol. The lowest BCUT2D eigenvalue weighted by atomic mass is 10.0. The lowest BCUT2D eigenvalue weighted by Gasteiger charge is -2.10. The Kier molecular flexibility index (Phi) is 6.15. The molecule has 174 valence electrons. The summed E-state index contributed by atoms with van der Waals surface area (Å²) in [4.78, 5) is 46.3. The molecule has 0 aliphatic heterocycles. The number of nitro benzene ring substituents is 2. The normalized spacial score (nSPS) is 10.4. The topological polar surface area (TPSA) is 225 Å². The number of phenols is 4. The highest BCUT2D eigenvalue weighted by atomic mass is 16.6. The van der Waals surface area contributed by atoms with Crippen molar-refractivity contribution in [3.05, 3.63) is 79.9 Å². The fourth-order valence-corrected chi connectivity index (χ4v) is 2.84. The second-order valence-electron chi connectivity index (χ2n) is 6.72. The first-order valence-corrected chi connectivity index (χ1v) is 9.11. The molecule has 0 atom stereocenters. The summed E-state index contributed by atoms with van der Waals surface area (Å²) in [7, 11) is 0. The van der Waals surface area contributed by atoms with E-state index in [1.165, 1.54) is 12.1 Å². The van der Waals surface area contributed by atoms with Crippen LogP contribution in [0.1, 0.15) is 20.7 Å². The van der Waals surface area contributed by atoms with Crippen LogP contribution >= 0.6 is 0 Å². The Hall–Kier alpha value is -5.40.